The highest BCUT2D eigenvalue weighted by Gasteiger charge is 2.25. The molecule has 0 saturated heterocycles. The number of rotatable bonds is 8. The van der Waals surface area contributed by atoms with E-state index in [1.165, 1.54) is 0 Å². The van der Waals surface area contributed by atoms with Gasteiger partial charge in [0.15, 0.2) is 0 Å². The van der Waals surface area contributed by atoms with E-state index in [9.17, 15) is 19.2 Å². The lowest BCUT2D eigenvalue weighted by atomic mass is 10.1. The molecule has 0 aromatic heterocycles. The summed E-state index contributed by atoms with van der Waals surface area (Å²) in [6.07, 6.45) is 0. The van der Waals surface area contributed by atoms with E-state index in [2.05, 4.69) is 90.4 Å². The van der Waals surface area contributed by atoms with E-state index >= 15 is 0 Å². The highest BCUT2D eigenvalue weighted by Crippen LogP contribution is 2.32. The predicted octanol–water partition coefficient (Wildman–Crippen LogP) is 13.7. The first-order valence-corrected chi connectivity index (χ1v) is 24.6. The van der Waals surface area contributed by atoms with Gasteiger partial charge in [-0.05, 0) is 163 Å². The van der Waals surface area contributed by atoms with Crippen molar-refractivity contribution < 1.29 is 19.2 Å². The maximum Gasteiger partial charge on any atom is 0.259 e. The Labute approximate surface area is 437 Å². The lowest BCUT2D eigenvalue weighted by molar-refractivity contribution is 0.0980. The smallest absolute Gasteiger partial charge is 0.259 e. The summed E-state index contributed by atoms with van der Waals surface area (Å²) in [7, 11) is 6.92. The van der Waals surface area contributed by atoms with Crippen LogP contribution in [0.15, 0.2) is 146 Å². The molecule has 324 valence electrons. The van der Waals surface area contributed by atoms with Gasteiger partial charge in [-0.3, -0.25) is 19.2 Å². The third kappa shape index (κ3) is 14.7. The maximum atomic E-state index is 13.1. The Morgan fingerprint density at radius 1 is 0.339 bits per heavy atom. The van der Waals surface area contributed by atoms with Crippen LogP contribution in [0.3, 0.4) is 0 Å². The van der Waals surface area contributed by atoms with E-state index in [0.29, 0.717) is 45.0 Å². The van der Waals surface area contributed by atoms with Crippen LogP contribution in [0.25, 0.3) is 0 Å². The largest absolute Gasteiger partial charge is 0.309 e. The van der Waals surface area contributed by atoms with Crippen molar-refractivity contribution in [3.63, 3.8) is 0 Å². The number of para-hydroxylation sites is 4. The molecule has 6 aromatic rings. The highest BCUT2D eigenvalue weighted by atomic mass is 127. The number of hydrogen-bond donors (Lipinski definition) is 0. The summed E-state index contributed by atoms with van der Waals surface area (Å²) in [6.45, 7) is 0. The Hall–Kier alpha value is -2.72. The Kier molecular flexibility index (Phi) is 23.8. The summed E-state index contributed by atoms with van der Waals surface area (Å²) in [5.41, 5.74) is 5.23. The summed E-state index contributed by atoms with van der Waals surface area (Å²) in [6, 6.07) is 44.7. The number of hydrogen-bond acceptors (Lipinski definition) is 4. The number of benzene rings is 6. The van der Waals surface area contributed by atoms with E-state index in [4.69, 9.17) is 46.4 Å². The monoisotopic (exact) mass is 1360 g/mol. The molecule has 6 aromatic carbocycles. The highest BCUT2D eigenvalue weighted by molar-refractivity contribution is 14.1. The van der Waals surface area contributed by atoms with E-state index in [1.807, 2.05) is 146 Å². The van der Waals surface area contributed by atoms with Gasteiger partial charge in [-0.15, -0.1) is 46.4 Å². The van der Waals surface area contributed by atoms with Crippen molar-refractivity contribution in [2.24, 2.45) is 0 Å². The van der Waals surface area contributed by atoms with Gasteiger partial charge in [0.25, 0.3) is 23.6 Å². The average molecular weight is 1360 g/mol. The van der Waals surface area contributed by atoms with Gasteiger partial charge in [-0.25, -0.2) is 0 Å². The number of amides is 4. The molecule has 8 nitrogen and oxygen atoms in total. The van der Waals surface area contributed by atoms with Crippen molar-refractivity contribution >= 4 is 183 Å². The van der Waals surface area contributed by atoms with Gasteiger partial charge >= 0.3 is 0 Å². The van der Waals surface area contributed by atoms with Crippen LogP contribution in [-0.4, -0.2) is 62.5 Å². The number of nitrogens with zero attached hydrogens (tertiary/aromatic N) is 4. The molecule has 0 bridgehead atoms. The van der Waals surface area contributed by atoms with Gasteiger partial charge in [-0.2, -0.15) is 0 Å². The number of halogens is 8. The van der Waals surface area contributed by atoms with Crippen molar-refractivity contribution in [1.82, 2.24) is 0 Å². The maximum absolute atomic E-state index is 13.1. The molecule has 0 atom stereocenters. The molecule has 0 heterocycles. The van der Waals surface area contributed by atoms with Crippen LogP contribution in [0.5, 0.6) is 0 Å². The zero-order valence-electron chi connectivity index (χ0n) is 33.7. The van der Waals surface area contributed by atoms with Gasteiger partial charge in [0.2, 0.25) is 0 Å². The van der Waals surface area contributed by atoms with Crippen LogP contribution >= 0.6 is 137 Å². The Bertz CT molecular complexity index is 2130. The minimum atomic E-state index is -0.118. The van der Waals surface area contributed by atoms with Crippen molar-refractivity contribution in [2.45, 2.75) is 0 Å². The molecule has 0 aliphatic carbocycles. The normalized spacial score (nSPS) is 10.0. The fourth-order valence-corrected chi connectivity index (χ4v) is 8.23. The third-order valence-corrected chi connectivity index (χ3v) is 12.6. The second kappa shape index (κ2) is 27.6. The lowest BCUT2D eigenvalue weighted by Gasteiger charge is -2.26. The predicted molar refractivity (Wildman–Crippen MR) is 294 cm³/mol. The molecule has 62 heavy (non-hydrogen) atoms. The van der Waals surface area contributed by atoms with Crippen LogP contribution in [0, 0.1) is 14.3 Å². The summed E-state index contributed by atoms with van der Waals surface area (Å²) in [5.74, 6) is -0.472. The van der Waals surface area contributed by atoms with Crippen LogP contribution in [0.2, 0.25) is 0 Å². The fraction of sp³-hybridized carbons (Fsp3) is 0.130. The first-order valence-electron chi connectivity index (χ1n) is 18.2. The quantitative estimate of drug-likeness (QED) is 0.112. The van der Waals surface area contributed by atoms with Gasteiger partial charge in [0.1, 0.15) is 0 Å². The molecule has 0 fully saturated rings. The van der Waals surface area contributed by atoms with Crippen molar-refractivity contribution in [3.05, 3.63) is 182 Å². The molecule has 6 rings (SSSR count). The molecule has 0 radical (unpaired) electrons. The zero-order chi connectivity index (χ0) is 45.9. The van der Waals surface area contributed by atoms with Crippen molar-refractivity contribution in [3.8, 4) is 0 Å². The van der Waals surface area contributed by atoms with Crippen LogP contribution in [-0.2, 0) is 0 Å². The average Bonchev–Trinajstić information content (AvgIpc) is 3.28. The van der Waals surface area contributed by atoms with Gasteiger partial charge in [0.05, 0.1) is 55.7 Å². The van der Waals surface area contributed by atoms with E-state index in [-0.39, 0.29) is 34.3 Å². The van der Waals surface area contributed by atoms with Gasteiger partial charge < -0.3 is 19.6 Å². The lowest BCUT2D eigenvalue weighted by Crippen LogP contribution is -2.32. The van der Waals surface area contributed by atoms with E-state index < -0.39 is 0 Å². The molecule has 0 saturated carbocycles. The molecule has 0 unspecified atom stereocenters. The number of alkyl halides is 4. The third-order valence-electron chi connectivity index (χ3n) is 8.84. The molecule has 16 heteroatoms. The van der Waals surface area contributed by atoms with Crippen LogP contribution < -0.4 is 19.6 Å². The van der Waals surface area contributed by atoms with E-state index in [1.54, 1.807) is 47.8 Å². The SMILES string of the molecule is CN(C(=O)c1ccccc1I)c1ccccc1N(C)C(=O)c1ccccc1I.CN(C(=O)c1ccccc1I)c1ccccc1N(C)C(=O)c1ccccc1I.ClCCl.ClCCl. The summed E-state index contributed by atoms with van der Waals surface area (Å²) >= 11 is 27.7. The number of anilines is 4. The molecule has 4 amide bonds. The first-order chi connectivity index (χ1) is 29.7. The Balaban J connectivity index is 0.000000293. The van der Waals surface area contributed by atoms with E-state index in [0.717, 1.165) is 14.3 Å². The second-order valence-corrected chi connectivity index (χ2v) is 18.8. The van der Waals surface area contributed by atoms with Gasteiger partial charge in [-0.1, -0.05) is 72.8 Å². The summed E-state index contributed by atoms with van der Waals surface area (Å²) < 4.78 is 3.55. The fourth-order valence-electron chi connectivity index (χ4n) is 5.76. The second-order valence-electron chi connectivity index (χ2n) is 12.6. The number of carbonyl (C=O) groups excluding carboxylic acids is 4. The minimum Gasteiger partial charge on any atom is -0.309 e. The topological polar surface area (TPSA) is 81.2 Å². The van der Waals surface area contributed by atoms with Gasteiger partial charge in [0, 0.05) is 42.5 Å². The van der Waals surface area contributed by atoms with Crippen molar-refractivity contribution in [2.75, 3.05) is 58.5 Å². The molecular weight excluding hydrogens is 1320 g/mol. The summed E-state index contributed by atoms with van der Waals surface area (Å²) in [4.78, 5) is 58.6. The molecule has 0 aliphatic heterocycles. The molecule has 0 spiro atoms. The van der Waals surface area contributed by atoms with Crippen molar-refractivity contribution in [1.29, 1.82) is 0 Å². The molecule has 0 aliphatic rings. The molecular formula is C46H40Cl4I4N4O4. The Morgan fingerprint density at radius 2 is 0.484 bits per heavy atom. The minimum absolute atomic E-state index is 0.118. The first kappa shape index (κ1) is 53.6. The molecule has 0 N–H and O–H groups in total. The zero-order valence-corrected chi connectivity index (χ0v) is 45.4. The number of carbonyl (C=O) groups is 4. The standard InChI is InChI=1S/2C22H18I2N2O2.2CH2Cl2/c2*1-25(21(27)15-9-3-5-11-17(15)23)19-13-7-8-14-20(19)26(2)22(28)16-10-4-6-12-18(16)24;2*2-1-3/h2*3-14H,1-2H3;2*1H2. The van der Waals surface area contributed by atoms with Crippen LogP contribution in [0.4, 0.5) is 22.7 Å². The summed E-state index contributed by atoms with van der Waals surface area (Å²) in [5, 5.41) is 0.389. The Morgan fingerprint density at radius 3 is 0.645 bits per heavy atom. The van der Waals surface area contributed by atoms with Crippen LogP contribution in [0.1, 0.15) is 41.4 Å².